The molecule has 4 rings (SSSR count). The first kappa shape index (κ1) is 24.7. The van der Waals surface area contributed by atoms with Crippen molar-refractivity contribution >= 4 is 35.8 Å². The molecule has 0 radical (unpaired) electrons. The second-order valence-electron chi connectivity index (χ2n) is 8.49. The summed E-state index contributed by atoms with van der Waals surface area (Å²) in [4.78, 5) is 47.5. The Morgan fingerprint density at radius 3 is 2.80 bits per heavy atom. The van der Waals surface area contributed by atoms with Crippen LogP contribution in [0.15, 0.2) is 46.3 Å². The van der Waals surface area contributed by atoms with Crippen LogP contribution in [-0.2, 0) is 21.0 Å². The summed E-state index contributed by atoms with van der Waals surface area (Å²) in [5.74, 6) is -1.83. The maximum Gasteiger partial charge on any atom is 0.352 e. The first-order valence-electron chi connectivity index (χ1n) is 11.1. The molecule has 1 fully saturated rings. The molecule has 0 unspecified atom stereocenters. The van der Waals surface area contributed by atoms with E-state index in [-0.39, 0.29) is 23.6 Å². The number of aliphatic carboxylic acids is 1. The predicted octanol–water partition coefficient (Wildman–Crippen LogP) is 1.41. The summed E-state index contributed by atoms with van der Waals surface area (Å²) in [6, 6.07) is -1.83. The number of thioether (sulfide) groups is 1. The molecule has 3 heterocycles. The third kappa shape index (κ3) is 4.61. The largest absolute Gasteiger partial charge is 0.505 e. The van der Waals surface area contributed by atoms with Crippen LogP contribution in [0.2, 0.25) is 0 Å². The van der Waals surface area contributed by atoms with E-state index in [4.69, 9.17) is 0 Å². The van der Waals surface area contributed by atoms with E-state index in [9.17, 15) is 29.7 Å². The Bertz CT molecular complexity index is 1200. The van der Waals surface area contributed by atoms with E-state index < -0.39 is 35.2 Å². The fourth-order valence-corrected chi connectivity index (χ4v) is 5.55. The lowest BCUT2D eigenvalue weighted by atomic mass is 9.96. The highest BCUT2D eigenvalue weighted by Gasteiger charge is 2.54. The Morgan fingerprint density at radius 1 is 1.37 bits per heavy atom. The number of aromatic hydroxyl groups is 1. The second kappa shape index (κ2) is 10.0. The molecule has 3 atom stereocenters. The lowest BCUT2D eigenvalue weighted by molar-refractivity contribution is -0.150. The van der Waals surface area contributed by atoms with E-state index in [2.05, 4.69) is 15.3 Å². The average Bonchev–Trinajstić information content (AvgIpc) is 2.85. The highest BCUT2D eigenvalue weighted by Crippen LogP contribution is 2.40. The van der Waals surface area contributed by atoms with Crippen LogP contribution in [0.25, 0.3) is 0 Å². The van der Waals surface area contributed by atoms with Gasteiger partial charge in [-0.3, -0.25) is 24.5 Å². The van der Waals surface area contributed by atoms with Gasteiger partial charge in [-0.25, -0.2) is 4.79 Å². The number of aromatic nitrogens is 1. The van der Waals surface area contributed by atoms with Gasteiger partial charge >= 0.3 is 5.97 Å². The minimum absolute atomic E-state index is 0.0287. The fraction of sp³-hybridized carbons (Fsp3) is 0.375. The van der Waals surface area contributed by atoms with Gasteiger partial charge in [-0.1, -0.05) is 18.2 Å². The molecule has 11 heteroatoms. The van der Waals surface area contributed by atoms with Gasteiger partial charge in [-0.15, -0.1) is 11.8 Å². The molecule has 10 nitrogen and oxygen atoms in total. The molecule has 184 valence electrons. The molecule has 3 aliphatic rings. The smallest absolute Gasteiger partial charge is 0.352 e. The summed E-state index contributed by atoms with van der Waals surface area (Å²) in [6.45, 7) is 2.93. The zero-order chi connectivity index (χ0) is 25.3. The minimum atomic E-state index is -1.17. The highest BCUT2D eigenvalue weighted by molar-refractivity contribution is 8.00. The summed E-state index contributed by atoms with van der Waals surface area (Å²) in [5.41, 5.74) is 2.30. The zero-order valence-electron chi connectivity index (χ0n) is 19.3. The summed E-state index contributed by atoms with van der Waals surface area (Å²) in [5, 5.41) is 31.8. The van der Waals surface area contributed by atoms with Crippen molar-refractivity contribution in [2.75, 3.05) is 5.75 Å². The van der Waals surface area contributed by atoms with Crippen LogP contribution in [0.1, 0.15) is 36.6 Å². The van der Waals surface area contributed by atoms with Crippen molar-refractivity contribution in [1.82, 2.24) is 15.2 Å². The number of aliphatic hydroxyl groups is 1. The third-order valence-electron chi connectivity index (χ3n) is 6.18. The van der Waals surface area contributed by atoms with Crippen LogP contribution in [0.5, 0.6) is 5.75 Å². The van der Waals surface area contributed by atoms with Gasteiger partial charge in [0, 0.05) is 29.3 Å². The minimum Gasteiger partial charge on any atom is -0.505 e. The number of amides is 2. The quantitative estimate of drug-likeness (QED) is 0.250. The van der Waals surface area contributed by atoms with Crippen molar-refractivity contribution < 1.29 is 29.7 Å². The molecule has 0 aromatic carbocycles. The number of allylic oxidation sites excluding steroid dienone is 3. The van der Waals surface area contributed by atoms with E-state index in [0.29, 0.717) is 35.4 Å². The van der Waals surface area contributed by atoms with Crippen molar-refractivity contribution in [2.45, 2.75) is 50.8 Å². The molecule has 0 spiro atoms. The number of β-lactam (4-membered cyclic amide) rings is 1. The SMILES string of the molecule is CC1=C(C(=O)O)N2C(=O)[C@@H](NC(=O)[C@@H](N=Cc3c(CO)cnc(C)c3O)C3=CCC=CC3)[C@H]2SC1. The Labute approximate surface area is 206 Å². The lowest BCUT2D eigenvalue weighted by Crippen LogP contribution is -2.71. The molecule has 1 aromatic heterocycles. The number of nitrogens with one attached hydrogen (secondary N) is 1. The first-order chi connectivity index (χ1) is 16.7. The fourth-order valence-electron chi connectivity index (χ4n) is 4.25. The number of aliphatic imine (C=N–C) groups is 1. The number of fused-ring (bicyclic) bond motifs is 1. The first-order valence-corrected chi connectivity index (χ1v) is 12.1. The molecular weight excluding hydrogens is 472 g/mol. The van der Waals surface area contributed by atoms with Gasteiger partial charge in [0.15, 0.2) is 0 Å². The van der Waals surface area contributed by atoms with Gasteiger partial charge in [0.05, 0.1) is 12.3 Å². The van der Waals surface area contributed by atoms with Crippen LogP contribution in [0.3, 0.4) is 0 Å². The van der Waals surface area contributed by atoms with Crippen molar-refractivity contribution in [3.63, 3.8) is 0 Å². The number of aryl methyl sites for hydroxylation is 1. The Morgan fingerprint density at radius 2 is 2.14 bits per heavy atom. The number of carboxylic acids is 1. The van der Waals surface area contributed by atoms with E-state index in [0.717, 1.165) is 5.57 Å². The van der Waals surface area contributed by atoms with Gasteiger partial charge in [0.2, 0.25) is 5.91 Å². The second-order valence-corrected chi connectivity index (χ2v) is 9.60. The predicted molar refractivity (Wildman–Crippen MR) is 130 cm³/mol. The van der Waals surface area contributed by atoms with Gasteiger partial charge in [0.25, 0.3) is 5.91 Å². The normalized spacial score (nSPS) is 22.5. The van der Waals surface area contributed by atoms with Crippen LogP contribution in [-0.4, -0.2) is 72.4 Å². The summed E-state index contributed by atoms with van der Waals surface area (Å²) >= 11 is 1.40. The molecule has 4 N–H and O–H groups in total. The maximum absolute atomic E-state index is 13.4. The number of nitrogens with zero attached hydrogens (tertiary/aromatic N) is 3. The molecule has 35 heavy (non-hydrogen) atoms. The number of pyridine rings is 1. The monoisotopic (exact) mass is 498 g/mol. The number of hydrogen-bond donors (Lipinski definition) is 4. The molecule has 1 aromatic rings. The van der Waals surface area contributed by atoms with Gasteiger partial charge in [-0.2, -0.15) is 0 Å². The van der Waals surface area contributed by atoms with Crippen molar-refractivity contribution in [3.05, 3.63) is 58.1 Å². The third-order valence-corrected chi connectivity index (χ3v) is 7.60. The zero-order valence-corrected chi connectivity index (χ0v) is 20.1. The van der Waals surface area contributed by atoms with E-state index in [1.165, 1.54) is 29.1 Å². The van der Waals surface area contributed by atoms with Gasteiger partial charge < -0.3 is 20.6 Å². The number of hydrogen-bond acceptors (Lipinski definition) is 8. The Kier molecular flexibility index (Phi) is 7.08. The molecule has 0 saturated carbocycles. The van der Waals surface area contributed by atoms with Gasteiger partial charge in [-0.05, 0) is 37.8 Å². The molecular formula is C24H26N4O6S. The number of aliphatic hydroxyl groups excluding tert-OH is 1. The Hall–Kier alpha value is -3.44. The van der Waals surface area contributed by atoms with Crippen LogP contribution in [0.4, 0.5) is 0 Å². The Balaban J connectivity index is 1.59. The van der Waals surface area contributed by atoms with E-state index in [1.54, 1.807) is 13.8 Å². The van der Waals surface area contributed by atoms with Crippen molar-refractivity contribution in [2.24, 2.45) is 4.99 Å². The van der Waals surface area contributed by atoms with Gasteiger partial charge in [0.1, 0.15) is 28.9 Å². The average molecular weight is 499 g/mol. The standard InChI is InChI=1S/C24H26N4O6S/c1-12-11-35-23-18(22(32)28(23)19(12)24(33)34)27-21(31)17(14-6-4-3-5-7-14)26-9-16-15(10-29)8-25-13(2)20(16)30/h3-4,7-9,17-18,23,29-30H,5-6,10-11H2,1-2H3,(H,27,31)(H,33,34)/t17-,18+,23+/m0/s1. The van der Waals surface area contributed by atoms with E-state index >= 15 is 0 Å². The lowest BCUT2D eigenvalue weighted by Gasteiger charge is -2.49. The number of carbonyl (C=O) groups excluding carboxylic acids is 2. The number of carboxylic acid groups (broad SMARTS) is 1. The van der Waals surface area contributed by atoms with Crippen molar-refractivity contribution in [1.29, 1.82) is 0 Å². The molecule has 0 bridgehead atoms. The molecule has 2 amide bonds. The topological polar surface area (TPSA) is 152 Å². The van der Waals surface area contributed by atoms with Crippen LogP contribution in [0, 0.1) is 6.92 Å². The molecule has 1 saturated heterocycles. The van der Waals surface area contributed by atoms with Crippen molar-refractivity contribution in [3.8, 4) is 5.75 Å². The number of carbonyl (C=O) groups is 3. The molecule has 2 aliphatic heterocycles. The van der Waals surface area contributed by atoms with Crippen LogP contribution >= 0.6 is 11.8 Å². The molecule has 1 aliphatic carbocycles. The summed E-state index contributed by atoms with van der Waals surface area (Å²) < 4.78 is 0. The summed E-state index contributed by atoms with van der Waals surface area (Å²) in [7, 11) is 0. The van der Waals surface area contributed by atoms with Crippen LogP contribution < -0.4 is 5.32 Å². The van der Waals surface area contributed by atoms with E-state index in [1.807, 2.05) is 18.2 Å². The number of rotatable bonds is 7. The summed E-state index contributed by atoms with van der Waals surface area (Å²) in [6.07, 6.45) is 9.71. The maximum atomic E-state index is 13.4. The highest BCUT2D eigenvalue weighted by atomic mass is 32.2.